The van der Waals surface area contributed by atoms with Crippen LogP contribution in [0, 0.1) is 0 Å². The highest BCUT2D eigenvalue weighted by molar-refractivity contribution is 7.98. The third-order valence-corrected chi connectivity index (χ3v) is 5.14. The maximum Gasteiger partial charge on any atom is 0.278 e. The Morgan fingerprint density at radius 2 is 2.12 bits per heavy atom. The number of fused-ring (bicyclic) bond motifs is 6. The molecule has 4 rings (SSSR count). The van der Waals surface area contributed by atoms with E-state index in [1.807, 2.05) is 36.6 Å². The number of hydrogen-bond acceptors (Lipinski definition) is 6. The fourth-order valence-electron chi connectivity index (χ4n) is 3.13. The van der Waals surface area contributed by atoms with E-state index in [4.69, 9.17) is 0 Å². The van der Waals surface area contributed by atoms with E-state index in [-0.39, 0.29) is 5.56 Å². The first-order chi connectivity index (χ1) is 12.5. The lowest BCUT2D eigenvalue weighted by Gasteiger charge is -2.22. The zero-order chi connectivity index (χ0) is 18.3. The summed E-state index contributed by atoms with van der Waals surface area (Å²) in [4.78, 5) is 26.3. The van der Waals surface area contributed by atoms with Crippen LogP contribution in [0.2, 0.25) is 0 Å². The zero-order valence-corrected chi connectivity index (χ0v) is 15.4. The number of nitrogens with zero attached hydrogens (tertiary/aromatic N) is 5. The molecule has 0 aromatic carbocycles. The van der Waals surface area contributed by atoms with Gasteiger partial charge in [-0.25, -0.2) is 24.3 Å². The number of aliphatic hydroxyl groups is 1. The van der Waals surface area contributed by atoms with Crippen LogP contribution < -0.4 is 5.56 Å². The van der Waals surface area contributed by atoms with Crippen LogP contribution in [-0.4, -0.2) is 35.7 Å². The molecule has 1 unspecified atom stereocenters. The summed E-state index contributed by atoms with van der Waals surface area (Å²) in [5.41, 5.74) is -0.106. The van der Waals surface area contributed by atoms with Crippen molar-refractivity contribution in [1.29, 1.82) is 0 Å². The van der Waals surface area contributed by atoms with Crippen molar-refractivity contribution in [3.63, 3.8) is 0 Å². The second kappa shape index (κ2) is 6.37. The quantitative estimate of drug-likeness (QED) is 0.402. The maximum atomic E-state index is 12.9. The lowest BCUT2D eigenvalue weighted by atomic mass is 9.95. The van der Waals surface area contributed by atoms with Gasteiger partial charge >= 0.3 is 0 Å². The van der Waals surface area contributed by atoms with E-state index in [2.05, 4.69) is 15.0 Å². The molecule has 0 saturated carbocycles. The van der Waals surface area contributed by atoms with Gasteiger partial charge in [-0.05, 0) is 38.2 Å². The molecule has 0 spiro atoms. The van der Waals surface area contributed by atoms with Gasteiger partial charge in [0.15, 0.2) is 16.6 Å². The highest BCUT2D eigenvalue weighted by atomic mass is 32.2. The molecular formula is C18H19N5O2S. The van der Waals surface area contributed by atoms with Gasteiger partial charge < -0.3 is 5.11 Å². The predicted molar refractivity (Wildman–Crippen MR) is 101 cm³/mol. The van der Waals surface area contributed by atoms with Crippen LogP contribution >= 0.6 is 11.8 Å². The molecule has 134 valence electrons. The summed E-state index contributed by atoms with van der Waals surface area (Å²) in [5, 5.41) is 11.8. The zero-order valence-electron chi connectivity index (χ0n) is 14.6. The summed E-state index contributed by atoms with van der Waals surface area (Å²) >= 11 is 1.42. The molecule has 1 aliphatic heterocycles. The fourth-order valence-corrected chi connectivity index (χ4v) is 3.47. The lowest BCUT2D eigenvalue weighted by Crippen LogP contribution is -2.24. The Labute approximate surface area is 154 Å². The first-order valence-corrected chi connectivity index (χ1v) is 9.61. The molecule has 3 aromatic heterocycles. The summed E-state index contributed by atoms with van der Waals surface area (Å²) in [7, 11) is 0. The first kappa shape index (κ1) is 17.0. The van der Waals surface area contributed by atoms with Gasteiger partial charge in [-0.1, -0.05) is 30.0 Å². The molecule has 0 fully saturated rings. The normalized spacial score (nSPS) is 21.2. The van der Waals surface area contributed by atoms with Crippen molar-refractivity contribution in [2.24, 2.45) is 0 Å². The van der Waals surface area contributed by atoms with Crippen molar-refractivity contribution in [1.82, 2.24) is 24.3 Å². The molecule has 1 aliphatic rings. The number of thioether (sulfide) groups is 1. The Hall–Kier alpha value is -2.45. The molecule has 7 nitrogen and oxygen atoms in total. The molecule has 0 aliphatic carbocycles. The van der Waals surface area contributed by atoms with Gasteiger partial charge in [0.05, 0.1) is 12.2 Å². The topological polar surface area (TPSA) is 85.8 Å². The summed E-state index contributed by atoms with van der Waals surface area (Å²) in [6.45, 7) is 2.16. The Balaban J connectivity index is 2.07. The first-order valence-electron chi connectivity index (χ1n) is 8.39. The van der Waals surface area contributed by atoms with Gasteiger partial charge in [0.25, 0.3) is 5.56 Å². The molecule has 0 radical (unpaired) electrons. The Morgan fingerprint density at radius 1 is 1.27 bits per heavy atom. The Kier molecular flexibility index (Phi) is 4.16. The summed E-state index contributed by atoms with van der Waals surface area (Å²) in [6.07, 6.45) is 8.63. The molecule has 2 bridgehead atoms. The average molecular weight is 369 g/mol. The van der Waals surface area contributed by atoms with E-state index >= 15 is 0 Å². The van der Waals surface area contributed by atoms with E-state index in [1.165, 1.54) is 11.8 Å². The molecule has 0 amide bonds. The van der Waals surface area contributed by atoms with Gasteiger partial charge in [-0.2, -0.15) is 0 Å². The molecule has 1 atom stereocenters. The summed E-state index contributed by atoms with van der Waals surface area (Å²) < 4.78 is 3.32. The SMILES string of the molecule is CSc1ncc2c(=O)n3n(c2n1)-c1cccc(n1)C(C)(O)CC/C=C\C3. The van der Waals surface area contributed by atoms with Crippen molar-refractivity contribution in [3.8, 4) is 5.82 Å². The second-order valence-electron chi connectivity index (χ2n) is 6.46. The number of pyridine rings is 1. The van der Waals surface area contributed by atoms with E-state index < -0.39 is 5.60 Å². The van der Waals surface area contributed by atoms with Crippen LogP contribution in [0.3, 0.4) is 0 Å². The Morgan fingerprint density at radius 3 is 2.92 bits per heavy atom. The standard InChI is InChI=1S/C18H19N5O2S/c1-18(25)9-4-3-5-10-22-16(24)12-11-19-17(26-2)21-15(12)23(22)14-8-6-7-13(18)20-14/h3,5-8,11,25H,4,9-10H2,1-2H3/b5-3-. The predicted octanol–water partition coefficient (Wildman–Crippen LogP) is 2.26. The highest BCUT2D eigenvalue weighted by Crippen LogP contribution is 2.26. The van der Waals surface area contributed by atoms with Crippen molar-refractivity contribution >= 4 is 22.8 Å². The monoisotopic (exact) mass is 369 g/mol. The van der Waals surface area contributed by atoms with Crippen LogP contribution in [0.4, 0.5) is 0 Å². The van der Waals surface area contributed by atoms with Gasteiger partial charge in [0.1, 0.15) is 11.0 Å². The van der Waals surface area contributed by atoms with E-state index in [9.17, 15) is 9.90 Å². The summed E-state index contributed by atoms with van der Waals surface area (Å²) in [5.74, 6) is 0.552. The molecule has 4 heterocycles. The van der Waals surface area contributed by atoms with Crippen LogP contribution in [0.1, 0.15) is 25.5 Å². The molecule has 3 aromatic rings. The number of rotatable bonds is 1. The number of allylic oxidation sites excluding steroid dienone is 2. The summed E-state index contributed by atoms with van der Waals surface area (Å²) in [6, 6.07) is 5.47. The second-order valence-corrected chi connectivity index (χ2v) is 7.23. The van der Waals surface area contributed by atoms with Gasteiger partial charge in [0.2, 0.25) is 0 Å². The molecular weight excluding hydrogens is 350 g/mol. The fraction of sp³-hybridized carbons (Fsp3) is 0.333. The van der Waals surface area contributed by atoms with Crippen molar-refractivity contribution in [2.75, 3.05) is 6.26 Å². The Bertz CT molecular complexity index is 1070. The number of aromatic nitrogens is 5. The third-order valence-electron chi connectivity index (χ3n) is 4.58. The lowest BCUT2D eigenvalue weighted by molar-refractivity contribution is 0.0443. The van der Waals surface area contributed by atoms with E-state index in [0.29, 0.717) is 47.1 Å². The minimum atomic E-state index is -1.04. The van der Waals surface area contributed by atoms with E-state index in [0.717, 1.165) is 0 Å². The van der Waals surface area contributed by atoms with Crippen LogP contribution in [0.15, 0.2) is 46.5 Å². The molecule has 1 N–H and O–H groups in total. The third kappa shape index (κ3) is 2.75. The minimum Gasteiger partial charge on any atom is -0.384 e. The van der Waals surface area contributed by atoms with Crippen molar-refractivity contribution in [2.45, 2.75) is 37.1 Å². The molecule has 8 heteroatoms. The minimum absolute atomic E-state index is 0.157. The van der Waals surface area contributed by atoms with Crippen LogP contribution in [0.5, 0.6) is 0 Å². The van der Waals surface area contributed by atoms with Gasteiger partial charge in [-0.15, -0.1) is 0 Å². The van der Waals surface area contributed by atoms with Crippen LogP contribution in [0.25, 0.3) is 16.9 Å². The van der Waals surface area contributed by atoms with Gasteiger partial charge in [0, 0.05) is 6.20 Å². The number of hydrogen-bond donors (Lipinski definition) is 1. The molecule has 26 heavy (non-hydrogen) atoms. The van der Waals surface area contributed by atoms with Crippen molar-refractivity contribution in [3.05, 3.63) is 52.6 Å². The van der Waals surface area contributed by atoms with Crippen LogP contribution in [-0.2, 0) is 12.1 Å². The maximum absolute atomic E-state index is 12.9. The van der Waals surface area contributed by atoms with Crippen molar-refractivity contribution < 1.29 is 5.11 Å². The largest absolute Gasteiger partial charge is 0.384 e. The highest BCUT2D eigenvalue weighted by Gasteiger charge is 2.26. The van der Waals surface area contributed by atoms with Gasteiger partial charge in [-0.3, -0.25) is 4.79 Å². The molecule has 0 saturated heterocycles. The smallest absolute Gasteiger partial charge is 0.278 e. The average Bonchev–Trinajstić information content (AvgIpc) is 2.91. The van der Waals surface area contributed by atoms with E-state index in [1.54, 1.807) is 22.5 Å².